The molecule has 0 unspecified atom stereocenters. The number of nitrogens with one attached hydrogen (secondary N) is 1. The summed E-state index contributed by atoms with van der Waals surface area (Å²) >= 11 is 5.84. The number of carbonyl (C=O) groups is 1. The molecule has 8 heteroatoms. The zero-order valence-corrected chi connectivity index (χ0v) is 15.6. The largest absolute Gasteiger partial charge is 0.355 e. The van der Waals surface area contributed by atoms with Crippen molar-refractivity contribution >= 4 is 27.7 Å². The van der Waals surface area contributed by atoms with E-state index < -0.39 is 10.2 Å². The van der Waals surface area contributed by atoms with Crippen molar-refractivity contribution in [3.8, 4) is 0 Å². The van der Waals surface area contributed by atoms with E-state index in [2.05, 4.69) is 5.32 Å². The van der Waals surface area contributed by atoms with Gasteiger partial charge in [0.15, 0.2) is 0 Å². The van der Waals surface area contributed by atoms with Gasteiger partial charge in [0.1, 0.15) is 0 Å². The van der Waals surface area contributed by atoms with Gasteiger partial charge in [0, 0.05) is 38.8 Å². The SMILES string of the molecule is CN(C)S(=O)(=O)N1CCC[C@@H](C(=O)NCCc2ccc(Cl)cc2)C1. The van der Waals surface area contributed by atoms with Gasteiger partial charge >= 0.3 is 0 Å². The van der Waals surface area contributed by atoms with Crippen molar-refractivity contribution in [2.24, 2.45) is 5.92 Å². The summed E-state index contributed by atoms with van der Waals surface area (Å²) in [4.78, 5) is 12.3. The van der Waals surface area contributed by atoms with E-state index in [1.807, 2.05) is 24.3 Å². The fourth-order valence-electron chi connectivity index (χ4n) is 2.72. The Morgan fingerprint density at radius 2 is 2.00 bits per heavy atom. The highest BCUT2D eigenvalue weighted by Gasteiger charge is 2.33. The van der Waals surface area contributed by atoms with Crippen LogP contribution in [0.15, 0.2) is 24.3 Å². The number of nitrogens with zero attached hydrogens (tertiary/aromatic N) is 2. The van der Waals surface area contributed by atoms with Crippen LogP contribution in [0.25, 0.3) is 0 Å². The maximum atomic E-state index is 12.3. The predicted octanol–water partition coefficient (Wildman–Crippen LogP) is 1.52. The Bertz CT molecular complexity index is 662. The molecule has 1 heterocycles. The van der Waals surface area contributed by atoms with E-state index in [-0.39, 0.29) is 18.4 Å². The molecule has 6 nitrogen and oxygen atoms in total. The fourth-order valence-corrected chi connectivity index (χ4v) is 4.04. The van der Waals surface area contributed by atoms with Crippen LogP contribution in [0, 0.1) is 5.92 Å². The lowest BCUT2D eigenvalue weighted by molar-refractivity contribution is -0.126. The first kappa shape index (κ1) is 19.2. The van der Waals surface area contributed by atoms with Crippen LogP contribution in [0.5, 0.6) is 0 Å². The van der Waals surface area contributed by atoms with Gasteiger partial charge in [0.05, 0.1) is 5.92 Å². The van der Waals surface area contributed by atoms with Gasteiger partial charge in [-0.3, -0.25) is 4.79 Å². The molecule has 134 valence electrons. The standard InChI is InChI=1S/C16H24ClN3O3S/c1-19(2)24(22,23)20-11-3-4-14(12-20)16(21)18-10-9-13-5-7-15(17)8-6-13/h5-8,14H,3-4,9-12H2,1-2H3,(H,18,21)/t14-/m1/s1. The van der Waals surface area contributed by atoms with E-state index in [4.69, 9.17) is 11.6 Å². The molecule has 2 rings (SSSR count). The highest BCUT2D eigenvalue weighted by Crippen LogP contribution is 2.20. The Hall–Kier alpha value is -1.15. The van der Waals surface area contributed by atoms with Gasteiger partial charge in [-0.2, -0.15) is 17.0 Å². The van der Waals surface area contributed by atoms with Crippen LogP contribution in [0.4, 0.5) is 0 Å². The predicted molar refractivity (Wildman–Crippen MR) is 95.1 cm³/mol. The number of benzene rings is 1. The summed E-state index contributed by atoms with van der Waals surface area (Å²) in [5.41, 5.74) is 1.10. The summed E-state index contributed by atoms with van der Waals surface area (Å²) in [6, 6.07) is 7.51. The monoisotopic (exact) mass is 373 g/mol. The molecule has 0 spiro atoms. The van der Waals surface area contributed by atoms with Gasteiger partial charge in [0.2, 0.25) is 5.91 Å². The number of hydrogen-bond donors (Lipinski definition) is 1. The normalized spacial score (nSPS) is 19.4. The van der Waals surface area contributed by atoms with Crippen molar-refractivity contribution in [2.75, 3.05) is 33.7 Å². The lowest BCUT2D eigenvalue weighted by atomic mass is 9.99. The summed E-state index contributed by atoms with van der Waals surface area (Å²) in [7, 11) is -0.450. The Morgan fingerprint density at radius 3 is 2.62 bits per heavy atom. The quantitative estimate of drug-likeness (QED) is 0.821. The molecule has 1 aliphatic rings. The van der Waals surface area contributed by atoms with E-state index >= 15 is 0 Å². The van der Waals surface area contributed by atoms with E-state index in [1.165, 1.54) is 22.7 Å². The molecule has 1 fully saturated rings. The first-order valence-electron chi connectivity index (χ1n) is 8.00. The Balaban J connectivity index is 1.84. The number of amides is 1. The number of carbonyl (C=O) groups excluding carboxylic acids is 1. The molecule has 0 bridgehead atoms. The van der Waals surface area contributed by atoms with Crippen molar-refractivity contribution in [1.82, 2.24) is 13.9 Å². The molecule has 1 amide bonds. The highest BCUT2D eigenvalue weighted by molar-refractivity contribution is 7.86. The van der Waals surface area contributed by atoms with Crippen LogP contribution in [0.3, 0.4) is 0 Å². The van der Waals surface area contributed by atoms with Gasteiger partial charge in [-0.05, 0) is 37.0 Å². The summed E-state index contributed by atoms with van der Waals surface area (Å²) in [6.07, 6.45) is 2.13. The first-order chi connectivity index (χ1) is 11.3. The highest BCUT2D eigenvalue weighted by atomic mass is 35.5. The molecule has 24 heavy (non-hydrogen) atoms. The number of rotatable bonds is 6. The van der Waals surface area contributed by atoms with Crippen LogP contribution in [0.2, 0.25) is 5.02 Å². The maximum Gasteiger partial charge on any atom is 0.281 e. The van der Waals surface area contributed by atoms with Crippen molar-refractivity contribution in [2.45, 2.75) is 19.3 Å². The topological polar surface area (TPSA) is 69.7 Å². The Labute approximate surface area is 149 Å². The second kappa shape index (κ2) is 8.29. The van der Waals surface area contributed by atoms with E-state index in [0.29, 0.717) is 31.0 Å². The molecule has 1 saturated heterocycles. The minimum atomic E-state index is -3.46. The van der Waals surface area contributed by atoms with Crippen molar-refractivity contribution in [3.05, 3.63) is 34.9 Å². The second-order valence-electron chi connectivity index (χ2n) is 6.15. The summed E-state index contributed by atoms with van der Waals surface area (Å²) in [6.45, 7) is 1.24. The minimum Gasteiger partial charge on any atom is -0.355 e. The van der Waals surface area contributed by atoms with Crippen molar-refractivity contribution < 1.29 is 13.2 Å². The number of piperidine rings is 1. The van der Waals surface area contributed by atoms with Crippen LogP contribution in [-0.2, 0) is 21.4 Å². The van der Waals surface area contributed by atoms with Crippen molar-refractivity contribution in [1.29, 1.82) is 0 Å². The van der Waals surface area contributed by atoms with Gasteiger partial charge in [0.25, 0.3) is 10.2 Å². The van der Waals surface area contributed by atoms with E-state index in [9.17, 15) is 13.2 Å². The molecule has 0 aliphatic carbocycles. The van der Waals surface area contributed by atoms with Gasteiger partial charge in [-0.1, -0.05) is 23.7 Å². The smallest absolute Gasteiger partial charge is 0.281 e. The fraction of sp³-hybridized carbons (Fsp3) is 0.562. The Kier molecular flexibility index (Phi) is 6.62. The molecule has 0 radical (unpaired) electrons. The molecule has 1 atom stereocenters. The minimum absolute atomic E-state index is 0.0809. The van der Waals surface area contributed by atoms with Crippen molar-refractivity contribution in [3.63, 3.8) is 0 Å². The third kappa shape index (κ3) is 4.92. The van der Waals surface area contributed by atoms with Gasteiger partial charge in [-0.25, -0.2) is 0 Å². The molecule has 1 N–H and O–H groups in total. The summed E-state index contributed by atoms with van der Waals surface area (Å²) in [5.74, 6) is -0.374. The molecule has 0 saturated carbocycles. The van der Waals surface area contributed by atoms with E-state index in [1.54, 1.807) is 0 Å². The Morgan fingerprint density at radius 1 is 1.33 bits per heavy atom. The van der Waals surface area contributed by atoms with Crippen LogP contribution in [0.1, 0.15) is 18.4 Å². The molecular formula is C16H24ClN3O3S. The third-order valence-corrected chi connectivity index (χ3v) is 6.33. The zero-order valence-electron chi connectivity index (χ0n) is 14.0. The molecule has 1 aromatic carbocycles. The number of halogens is 1. The molecule has 1 aliphatic heterocycles. The lowest BCUT2D eigenvalue weighted by Crippen LogP contribution is -2.49. The summed E-state index contributed by atoms with van der Waals surface area (Å²) < 4.78 is 27.0. The van der Waals surface area contributed by atoms with Crippen LogP contribution < -0.4 is 5.32 Å². The second-order valence-corrected chi connectivity index (χ2v) is 8.73. The van der Waals surface area contributed by atoms with Crippen LogP contribution in [-0.4, -0.2) is 56.7 Å². The number of hydrogen-bond acceptors (Lipinski definition) is 3. The third-order valence-electron chi connectivity index (χ3n) is 4.17. The molecule has 0 aromatic heterocycles. The molecule has 1 aromatic rings. The average Bonchev–Trinajstić information content (AvgIpc) is 2.56. The van der Waals surface area contributed by atoms with Crippen LogP contribution >= 0.6 is 11.6 Å². The maximum absolute atomic E-state index is 12.3. The summed E-state index contributed by atoms with van der Waals surface area (Å²) in [5, 5.41) is 3.60. The van der Waals surface area contributed by atoms with Gasteiger partial charge < -0.3 is 5.32 Å². The van der Waals surface area contributed by atoms with E-state index in [0.717, 1.165) is 12.0 Å². The first-order valence-corrected chi connectivity index (χ1v) is 9.78. The van der Waals surface area contributed by atoms with Gasteiger partial charge in [-0.15, -0.1) is 0 Å². The lowest BCUT2D eigenvalue weighted by Gasteiger charge is -2.32. The average molecular weight is 374 g/mol. The zero-order chi connectivity index (χ0) is 17.7. The molecular weight excluding hydrogens is 350 g/mol.